The van der Waals surface area contributed by atoms with E-state index in [9.17, 15) is 19.5 Å². The highest BCUT2D eigenvalue weighted by atomic mass is 16.5. The third-order valence-corrected chi connectivity index (χ3v) is 4.72. The number of para-hydroxylation sites is 1. The van der Waals surface area contributed by atoms with E-state index in [2.05, 4.69) is 16.9 Å². The molecule has 0 fully saturated rings. The summed E-state index contributed by atoms with van der Waals surface area (Å²) >= 11 is 0. The number of rotatable bonds is 10. The van der Waals surface area contributed by atoms with Gasteiger partial charge in [-0.3, -0.25) is 0 Å². The van der Waals surface area contributed by atoms with Crippen LogP contribution in [0.15, 0.2) is 46.4 Å². The summed E-state index contributed by atoms with van der Waals surface area (Å²) in [4.78, 5) is 38.5. The van der Waals surface area contributed by atoms with E-state index in [0.29, 0.717) is 23.5 Å². The molecule has 7 nitrogen and oxygen atoms in total. The molecule has 0 bridgehead atoms. The molecule has 0 saturated heterocycles. The third kappa shape index (κ3) is 9.52. The maximum Gasteiger partial charge on any atom is 0.341 e. The molecule has 0 aliphatic carbocycles. The lowest BCUT2D eigenvalue weighted by atomic mass is 10.1. The molecule has 7 heteroatoms. The van der Waals surface area contributed by atoms with Crippen LogP contribution in [0, 0.1) is 13.8 Å². The van der Waals surface area contributed by atoms with E-state index in [4.69, 9.17) is 4.74 Å². The topological polar surface area (TPSA) is 105 Å². The van der Waals surface area contributed by atoms with E-state index in [1.807, 2.05) is 0 Å². The number of unbranched alkanes of at least 4 members (excludes halogenated alkanes) is 5. The zero-order valence-electron chi connectivity index (χ0n) is 18.9. The van der Waals surface area contributed by atoms with E-state index in [0.717, 1.165) is 18.4 Å². The molecule has 0 heterocycles. The number of isocyanates is 2. The van der Waals surface area contributed by atoms with E-state index in [1.54, 1.807) is 44.2 Å². The minimum absolute atomic E-state index is 0.0236. The van der Waals surface area contributed by atoms with Crippen molar-refractivity contribution in [2.24, 2.45) is 9.98 Å². The highest BCUT2D eigenvalue weighted by Crippen LogP contribution is 2.24. The van der Waals surface area contributed by atoms with Crippen molar-refractivity contribution in [1.82, 2.24) is 0 Å². The summed E-state index contributed by atoms with van der Waals surface area (Å²) in [5.41, 5.74) is 2.66. The van der Waals surface area contributed by atoms with Crippen molar-refractivity contribution in [3.63, 3.8) is 0 Å². The van der Waals surface area contributed by atoms with Gasteiger partial charge in [-0.15, -0.1) is 0 Å². The standard InChI is InChI=1S/C16H24O3.C9H6N2O2/c1-3-4-5-6-7-8-12-19-16(18)14-11-9-10-13(2)15(14)17;1-7-2-3-8(10-5-12)4-9(7)11-6-13/h9-11,17H,3-8,12H2,1-2H3;2-4H,1H3. The van der Waals surface area contributed by atoms with Crippen molar-refractivity contribution in [1.29, 1.82) is 0 Å². The van der Waals surface area contributed by atoms with Crippen LogP contribution in [0.4, 0.5) is 11.4 Å². The molecule has 0 aliphatic rings. The van der Waals surface area contributed by atoms with Gasteiger partial charge in [0.05, 0.1) is 18.0 Å². The Labute approximate surface area is 188 Å². The minimum atomic E-state index is -0.435. The third-order valence-electron chi connectivity index (χ3n) is 4.72. The highest BCUT2D eigenvalue weighted by Gasteiger charge is 2.13. The molecular formula is C25H30N2O5. The van der Waals surface area contributed by atoms with Crippen molar-refractivity contribution in [3.8, 4) is 5.75 Å². The quantitative estimate of drug-likeness (QED) is 0.207. The zero-order chi connectivity index (χ0) is 23.8. The summed E-state index contributed by atoms with van der Waals surface area (Å²) in [5, 5.41) is 9.77. The van der Waals surface area contributed by atoms with Crippen molar-refractivity contribution < 1.29 is 24.2 Å². The van der Waals surface area contributed by atoms with Crippen LogP contribution in [0.2, 0.25) is 0 Å². The number of hydrogen-bond donors (Lipinski definition) is 1. The Kier molecular flexibility index (Phi) is 12.7. The largest absolute Gasteiger partial charge is 0.507 e. The van der Waals surface area contributed by atoms with Gasteiger partial charge in [0.2, 0.25) is 12.2 Å². The van der Waals surface area contributed by atoms with Crippen LogP contribution in [-0.4, -0.2) is 29.8 Å². The number of carbonyl (C=O) groups is 1. The number of nitrogens with zero attached hydrogens (tertiary/aromatic N) is 2. The van der Waals surface area contributed by atoms with Crippen molar-refractivity contribution in [2.75, 3.05) is 6.61 Å². The molecule has 0 spiro atoms. The summed E-state index contributed by atoms with van der Waals surface area (Å²) in [7, 11) is 0. The fourth-order valence-electron chi connectivity index (χ4n) is 2.84. The molecule has 0 unspecified atom stereocenters. The lowest BCUT2D eigenvalue weighted by Crippen LogP contribution is -2.07. The van der Waals surface area contributed by atoms with E-state index in [-0.39, 0.29) is 11.3 Å². The second-order valence-electron chi connectivity index (χ2n) is 7.25. The average molecular weight is 439 g/mol. The summed E-state index contributed by atoms with van der Waals surface area (Å²) in [6.07, 6.45) is 9.78. The van der Waals surface area contributed by atoms with Gasteiger partial charge in [0.25, 0.3) is 0 Å². The normalized spacial score (nSPS) is 9.59. The summed E-state index contributed by atoms with van der Waals surface area (Å²) in [5.74, 6) is -0.412. The summed E-state index contributed by atoms with van der Waals surface area (Å²) in [6, 6.07) is 9.98. The molecule has 32 heavy (non-hydrogen) atoms. The van der Waals surface area contributed by atoms with E-state index >= 15 is 0 Å². The van der Waals surface area contributed by atoms with Crippen LogP contribution in [-0.2, 0) is 14.3 Å². The molecule has 2 aromatic carbocycles. The first-order chi connectivity index (χ1) is 15.4. The van der Waals surface area contributed by atoms with Gasteiger partial charge in [-0.25, -0.2) is 14.4 Å². The van der Waals surface area contributed by atoms with Crippen LogP contribution in [0.25, 0.3) is 0 Å². The van der Waals surface area contributed by atoms with Gasteiger partial charge in [0.15, 0.2) is 0 Å². The predicted octanol–water partition coefficient (Wildman–Crippen LogP) is 6.15. The Bertz CT molecular complexity index is 974. The first-order valence-corrected chi connectivity index (χ1v) is 10.7. The summed E-state index contributed by atoms with van der Waals surface area (Å²) in [6.45, 7) is 6.18. The van der Waals surface area contributed by atoms with Crippen molar-refractivity contribution >= 4 is 29.5 Å². The number of hydrogen-bond acceptors (Lipinski definition) is 7. The number of aryl methyl sites for hydroxylation is 2. The number of aliphatic imine (C=N–C) groups is 2. The summed E-state index contributed by atoms with van der Waals surface area (Å²) < 4.78 is 5.17. The fraction of sp³-hybridized carbons (Fsp3) is 0.400. The van der Waals surface area contributed by atoms with Gasteiger partial charge in [-0.1, -0.05) is 57.2 Å². The number of phenolic OH excluding ortho intramolecular Hbond substituents is 1. The molecule has 1 N–H and O–H groups in total. The number of phenols is 1. The lowest BCUT2D eigenvalue weighted by Gasteiger charge is -2.07. The second-order valence-corrected chi connectivity index (χ2v) is 7.25. The van der Waals surface area contributed by atoms with Gasteiger partial charge in [-0.2, -0.15) is 9.98 Å². The molecular weight excluding hydrogens is 408 g/mol. The van der Waals surface area contributed by atoms with Gasteiger partial charge in [0.1, 0.15) is 11.3 Å². The smallest absolute Gasteiger partial charge is 0.341 e. The number of ether oxygens (including phenoxy) is 1. The SMILES string of the molecule is CCCCCCCCOC(=O)c1cccc(C)c1O.Cc1ccc(N=C=O)cc1N=C=O. The van der Waals surface area contributed by atoms with Crippen molar-refractivity contribution in [2.45, 2.75) is 59.3 Å². The Balaban J connectivity index is 0.000000343. The maximum atomic E-state index is 11.8. The molecule has 0 atom stereocenters. The Morgan fingerprint density at radius 3 is 2.31 bits per heavy atom. The lowest BCUT2D eigenvalue weighted by molar-refractivity contribution is 0.0494. The molecule has 0 amide bonds. The fourth-order valence-corrected chi connectivity index (χ4v) is 2.84. The molecule has 2 rings (SSSR count). The Morgan fingerprint density at radius 1 is 0.938 bits per heavy atom. The number of carbonyl (C=O) groups excluding carboxylic acids is 3. The van der Waals surface area contributed by atoms with E-state index < -0.39 is 5.97 Å². The van der Waals surface area contributed by atoms with Gasteiger partial charge < -0.3 is 9.84 Å². The first kappa shape index (κ1) is 26.5. The maximum absolute atomic E-state index is 11.8. The Hall–Kier alpha value is -3.53. The first-order valence-electron chi connectivity index (χ1n) is 10.7. The molecule has 170 valence electrons. The van der Waals surface area contributed by atoms with Crippen molar-refractivity contribution in [3.05, 3.63) is 53.1 Å². The molecule has 0 aromatic heterocycles. The van der Waals surface area contributed by atoms with Crippen LogP contribution >= 0.6 is 0 Å². The predicted molar refractivity (Wildman–Crippen MR) is 123 cm³/mol. The second kappa shape index (κ2) is 15.3. The Morgan fingerprint density at radius 2 is 1.62 bits per heavy atom. The van der Waals surface area contributed by atoms with Gasteiger partial charge in [-0.05, 0) is 49.6 Å². The number of esters is 1. The van der Waals surface area contributed by atoms with Crippen LogP contribution < -0.4 is 0 Å². The monoisotopic (exact) mass is 438 g/mol. The number of benzene rings is 2. The zero-order valence-corrected chi connectivity index (χ0v) is 18.9. The van der Waals surface area contributed by atoms with Crippen LogP contribution in [0.5, 0.6) is 5.75 Å². The van der Waals surface area contributed by atoms with Gasteiger partial charge >= 0.3 is 5.97 Å². The molecule has 0 radical (unpaired) electrons. The molecule has 0 aliphatic heterocycles. The van der Waals surface area contributed by atoms with Crippen LogP contribution in [0.3, 0.4) is 0 Å². The number of aromatic hydroxyl groups is 1. The highest BCUT2D eigenvalue weighted by molar-refractivity contribution is 5.92. The van der Waals surface area contributed by atoms with Crippen LogP contribution in [0.1, 0.15) is 66.9 Å². The molecule has 2 aromatic rings. The minimum Gasteiger partial charge on any atom is -0.507 e. The van der Waals surface area contributed by atoms with Gasteiger partial charge in [0, 0.05) is 0 Å². The van der Waals surface area contributed by atoms with E-state index in [1.165, 1.54) is 43.9 Å². The average Bonchev–Trinajstić information content (AvgIpc) is 2.78. The molecule has 0 saturated carbocycles.